The second-order valence-electron chi connectivity index (χ2n) is 3.28. The predicted molar refractivity (Wildman–Crippen MR) is 59.6 cm³/mol. The number of rotatable bonds is 6. The predicted octanol–water partition coefficient (Wildman–Crippen LogP) is 2.92. The van der Waals surface area contributed by atoms with Crippen molar-refractivity contribution in [2.75, 3.05) is 0 Å². The molecule has 0 saturated carbocycles. The Labute approximate surface area is 88.7 Å². The minimum atomic E-state index is 0.279. The number of thiazole rings is 1. The van der Waals surface area contributed by atoms with E-state index in [1.165, 1.54) is 0 Å². The molecule has 1 aromatic heterocycles. The number of hydrogen-bond acceptors (Lipinski definition) is 3. The molecule has 1 heterocycles. The lowest BCUT2D eigenvalue weighted by Gasteiger charge is -1.95. The number of nitrogens with zero attached hydrogens (tertiary/aromatic N) is 1. The fraction of sp³-hybridized carbons (Fsp3) is 0.455. The maximum absolute atomic E-state index is 11.4. The molecule has 0 aliphatic carbocycles. The van der Waals surface area contributed by atoms with Crippen LogP contribution in [0.3, 0.4) is 0 Å². The molecule has 0 aliphatic heterocycles. The van der Waals surface area contributed by atoms with E-state index in [1.54, 1.807) is 11.3 Å². The van der Waals surface area contributed by atoms with Gasteiger partial charge in [0.1, 0.15) is 10.8 Å². The first kappa shape index (κ1) is 11.1. The van der Waals surface area contributed by atoms with Crippen molar-refractivity contribution in [1.29, 1.82) is 0 Å². The fourth-order valence-corrected chi connectivity index (χ4v) is 1.98. The molecule has 1 aromatic rings. The molecule has 1 rings (SSSR count). The highest BCUT2D eigenvalue weighted by molar-refractivity contribution is 7.09. The van der Waals surface area contributed by atoms with Crippen molar-refractivity contribution >= 4 is 17.1 Å². The second kappa shape index (κ2) is 5.70. The molecule has 0 aromatic carbocycles. The number of hydrogen-bond donors (Lipinski definition) is 0. The summed E-state index contributed by atoms with van der Waals surface area (Å²) in [6.45, 7) is 5.57. The maximum atomic E-state index is 11.4. The molecule has 0 atom stereocenters. The number of Topliss-reactive ketones (excluding diaryl/α,β-unsaturated/α-hetero) is 1. The molecular weight excluding hydrogens is 194 g/mol. The number of ketones is 1. The summed E-state index contributed by atoms with van der Waals surface area (Å²) in [5, 5.41) is 2.91. The van der Waals surface area contributed by atoms with Crippen LogP contribution in [0.4, 0.5) is 0 Å². The van der Waals surface area contributed by atoms with Crippen LogP contribution in [0.5, 0.6) is 0 Å². The summed E-state index contributed by atoms with van der Waals surface area (Å²) in [5.74, 6) is 0.279. The lowest BCUT2D eigenvalue weighted by molar-refractivity contribution is -0.118. The Balaban J connectivity index is 2.30. The topological polar surface area (TPSA) is 30.0 Å². The molecule has 0 fully saturated rings. The Bertz CT molecular complexity index is 317. The largest absolute Gasteiger partial charge is 0.299 e. The lowest BCUT2D eigenvalue weighted by Crippen LogP contribution is -2.01. The van der Waals surface area contributed by atoms with Crippen LogP contribution >= 0.6 is 11.3 Å². The quantitative estimate of drug-likeness (QED) is 0.532. The zero-order valence-electron chi connectivity index (χ0n) is 8.45. The van der Waals surface area contributed by atoms with E-state index >= 15 is 0 Å². The third-order valence-corrected chi connectivity index (χ3v) is 2.85. The number of carbonyl (C=O) groups excluding carboxylic acids is 1. The van der Waals surface area contributed by atoms with E-state index < -0.39 is 0 Å². The number of unbranched alkanes of at least 4 members (excludes halogenated alkanes) is 1. The first-order chi connectivity index (χ1) is 6.72. The number of allylic oxidation sites excluding steroid dienone is 1. The normalized spacial score (nSPS) is 10.1. The Kier molecular flexibility index (Phi) is 4.53. The zero-order valence-corrected chi connectivity index (χ0v) is 9.27. The lowest BCUT2D eigenvalue weighted by atomic mass is 10.1. The van der Waals surface area contributed by atoms with Gasteiger partial charge in [0, 0.05) is 17.5 Å². The first-order valence-corrected chi connectivity index (χ1v) is 5.64. The second-order valence-corrected chi connectivity index (χ2v) is 4.22. The molecule has 76 valence electrons. The summed E-state index contributed by atoms with van der Waals surface area (Å²) in [7, 11) is 0. The van der Waals surface area contributed by atoms with Crippen molar-refractivity contribution in [3.8, 4) is 0 Å². The van der Waals surface area contributed by atoms with Crippen molar-refractivity contribution in [1.82, 2.24) is 4.98 Å². The van der Waals surface area contributed by atoms with Gasteiger partial charge in [-0.15, -0.1) is 17.9 Å². The van der Waals surface area contributed by atoms with Gasteiger partial charge in [0.25, 0.3) is 0 Å². The minimum absolute atomic E-state index is 0.279. The molecule has 0 amide bonds. The van der Waals surface area contributed by atoms with Crippen molar-refractivity contribution < 1.29 is 4.79 Å². The van der Waals surface area contributed by atoms with E-state index in [0.717, 1.165) is 23.5 Å². The zero-order chi connectivity index (χ0) is 10.4. The molecule has 3 heteroatoms. The van der Waals surface area contributed by atoms with Gasteiger partial charge in [0.05, 0.1) is 6.42 Å². The van der Waals surface area contributed by atoms with E-state index in [2.05, 4.69) is 11.6 Å². The van der Waals surface area contributed by atoms with Gasteiger partial charge in [0.15, 0.2) is 0 Å². The smallest absolute Gasteiger partial charge is 0.139 e. The van der Waals surface area contributed by atoms with E-state index in [0.29, 0.717) is 12.8 Å². The molecule has 14 heavy (non-hydrogen) atoms. The van der Waals surface area contributed by atoms with E-state index in [-0.39, 0.29) is 5.78 Å². The highest BCUT2D eigenvalue weighted by Crippen LogP contribution is 2.11. The molecule has 0 unspecified atom stereocenters. The molecule has 0 N–H and O–H groups in total. The summed E-state index contributed by atoms with van der Waals surface area (Å²) in [5.41, 5.74) is 1.00. The van der Waals surface area contributed by atoms with Crippen LogP contribution in [0.25, 0.3) is 0 Å². The Hall–Kier alpha value is -0.960. The average Bonchev–Trinajstić information content (AvgIpc) is 2.52. The Morgan fingerprint density at radius 3 is 3.07 bits per heavy atom. The number of carbonyl (C=O) groups is 1. The molecule has 0 spiro atoms. The van der Waals surface area contributed by atoms with Gasteiger partial charge in [-0.3, -0.25) is 4.79 Å². The average molecular weight is 209 g/mol. The van der Waals surface area contributed by atoms with Crippen molar-refractivity contribution in [2.45, 2.75) is 32.6 Å². The molecule has 0 aliphatic rings. The van der Waals surface area contributed by atoms with Crippen LogP contribution in [-0.4, -0.2) is 10.8 Å². The van der Waals surface area contributed by atoms with Crippen molar-refractivity contribution in [2.24, 2.45) is 0 Å². The van der Waals surface area contributed by atoms with Crippen LogP contribution < -0.4 is 0 Å². The first-order valence-electron chi connectivity index (χ1n) is 4.76. The summed E-state index contributed by atoms with van der Waals surface area (Å²) < 4.78 is 0. The molecule has 0 saturated heterocycles. The van der Waals surface area contributed by atoms with Crippen molar-refractivity contribution in [3.05, 3.63) is 28.7 Å². The van der Waals surface area contributed by atoms with Gasteiger partial charge in [0.2, 0.25) is 0 Å². The van der Waals surface area contributed by atoms with E-state index in [1.807, 2.05) is 18.4 Å². The van der Waals surface area contributed by atoms with Crippen LogP contribution in [0.15, 0.2) is 18.0 Å². The summed E-state index contributed by atoms with van der Waals surface area (Å²) in [6.07, 6.45) is 4.82. The number of aromatic nitrogens is 1. The summed E-state index contributed by atoms with van der Waals surface area (Å²) in [4.78, 5) is 15.7. The van der Waals surface area contributed by atoms with Crippen LogP contribution in [0.2, 0.25) is 0 Å². The number of aryl methyl sites for hydroxylation is 1. The third-order valence-electron chi connectivity index (χ3n) is 1.88. The molecular formula is C11H15NOS. The standard InChI is InChI=1S/C11H15NOS/c1-3-4-5-6-10(13)7-11-12-9(2)8-14-11/h3,8H,1,4-7H2,2H3. The van der Waals surface area contributed by atoms with Gasteiger partial charge >= 0.3 is 0 Å². The highest BCUT2D eigenvalue weighted by Gasteiger charge is 2.05. The van der Waals surface area contributed by atoms with Crippen LogP contribution in [-0.2, 0) is 11.2 Å². The molecule has 0 radical (unpaired) electrons. The highest BCUT2D eigenvalue weighted by atomic mass is 32.1. The van der Waals surface area contributed by atoms with Gasteiger partial charge in [-0.25, -0.2) is 4.98 Å². The van der Waals surface area contributed by atoms with Crippen LogP contribution in [0.1, 0.15) is 30.0 Å². The molecule has 0 bridgehead atoms. The summed E-state index contributed by atoms with van der Waals surface area (Å²) >= 11 is 1.56. The van der Waals surface area contributed by atoms with Gasteiger partial charge < -0.3 is 0 Å². The van der Waals surface area contributed by atoms with Gasteiger partial charge in [-0.1, -0.05) is 6.08 Å². The molecule has 2 nitrogen and oxygen atoms in total. The van der Waals surface area contributed by atoms with E-state index in [4.69, 9.17) is 0 Å². The van der Waals surface area contributed by atoms with Gasteiger partial charge in [-0.05, 0) is 19.8 Å². The van der Waals surface area contributed by atoms with Crippen molar-refractivity contribution in [3.63, 3.8) is 0 Å². The monoisotopic (exact) mass is 209 g/mol. The third kappa shape index (κ3) is 3.83. The van der Waals surface area contributed by atoms with Gasteiger partial charge in [-0.2, -0.15) is 0 Å². The Morgan fingerprint density at radius 1 is 1.71 bits per heavy atom. The minimum Gasteiger partial charge on any atom is -0.299 e. The van der Waals surface area contributed by atoms with Crippen LogP contribution in [0, 0.1) is 6.92 Å². The SMILES string of the molecule is C=CCCCC(=O)Cc1nc(C)cs1. The Morgan fingerprint density at radius 2 is 2.50 bits per heavy atom. The fourth-order valence-electron chi connectivity index (χ4n) is 1.18. The van der Waals surface area contributed by atoms with E-state index in [9.17, 15) is 4.79 Å². The maximum Gasteiger partial charge on any atom is 0.139 e. The summed E-state index contributed by atoms with van der Waals surface area (Å²) in [6, 6.07) is 0.